The molecule has 8 bridgehead atoms. The van der Waals surface area contributed by atoms with Crippen LogP contribution in [0.3, 0.4) is 0 Å². The Morgan fingerprint density at radius 2 is 0.806 bits per heavy atom. The molecule has 0 aliphatic carbocycles. The number of aromatic nitrogens is 14. The molecule has 0 radical (unpaired) electrons. The number of fused-ring (bicyclic) bond motifs is 8. The first-order valence-corrected chi connectivity index (χ1v) is 10.2. The lowest BCUT2D eigenvalue weighted by Crippen LogP contribution is -2.06. The largest absolute Gasteiger partial charge is 0.429 e. The van der Waals surface area contributed by atoms with Gasteiger partial charge in [-0.25, -0.2) is 10.2 Å². The lowest BCUT2D eigenvalue weighted by molar-refractivity contribution is 0.453. The molecule has 2 aliphatic rings. The maximum atomic E-state index is 5.57. The Bertz CT molecular complexity index is 1610. The van der Waals surface area contributed by atoms with Gasteiger partial charge in [-0.3, -0.25) is 21.7 Å². The highest BCUT2D eigenvalue weighted by Crippen LogP contribution is 2.12. The third-order valence-electron chi connectivity index (χ3n) is 3.98. The van der Waals surface area contributed by atoms with Gasteiger partial charge in [-0.2, -0.15) is 49.8 Å². The van der Waals surface area contributed by atoms with E-state index in [0.29, 0.717) is 0 Å². The summed E-state index contributed by atoms with van der Waals surface area (Å²) in [5.41, 5.74) is 11.0. The van der Waals surface area contributed by atoms with E-state index in [4.69, 9.17) is 8.83 Å². The molecule has 184 valence electrons. The second kappa shape index (κ2) is 9.36. The van der Waals surface area contributed by atoms with Crippen molar-refractivity contribution >= 4 is 46.9 Å². The van der Waals surface area contributed by atoms with Crippen LogP contribution in [-0.4, -0.2) is 70.2 Å². The number of anilines is 4. The molecule has 36 heavy (non-hydrogen) atoms. The van der Waals surface area contributed by atoms with Gasteiger partial charge in [-0.15, -0.1) is 10.2 Å². The van der Waals surface area contributed by atoms with Gasteiger partial charge in [0.15, 0.2) is 23.6 Å². The summed E-state index contributed by atoms with van der Waals surface area (Å²) in [6.07, 6.45) is 0. The van der Waals surface area contributed by atoms with E-state index in [9.17, 15) is 0 Å². The molecule has 20 nitrogen and oxygen atoms in total. The Kier molecular flexibility index (Phi) is 5.78. The second-order valence-electron chi connectivity index (χ2n) is 6.89. The number of aryl methyl sites for hydroxylation is 4. The average molecular weight is 494 g/mol. The smallest absolute Gasteiger partial charge is 0.272 e. The highest BCUT2D eigenvalue weighted by molar-refractivity contribution is 5.50. The number of rotatable bonds is 0. The zero-order chi connectivity index (χ0) is 25.1. The molecule has 20 heteroatoms. The van der Waals surface area contributed by atoms with E-state index >= 15 is 0 Å². The van der Waals surface area contributed by atoms with E-state index < -0.39 is 0 Å². The first-order valence-electron chi connectivity index (χ1n) is 10.2. The zero-order valence-electron chi connectivity index (χ0n) is 19.2. The van der Waals surface area contributed by atoms with Crippen LogP contribution >= 0.6 is 0 Å². The third-order valence-corrected chi connectivity index (χ3v) is 3.98. The minimum Gasteiger partial charge on any atom is -0.429 e. The number of hydrogen-bond donors (Lipinski definition) is 6. The normalized spacial score (nSPS) is 11.7. The molecule has 0 fully saturated rings. The van der Waals surface area contributed by atoms with Crippen LogP contribution in [0, 0.1) is 27.7 Å². The lowest BCUT2D eigenvalue weighted by Gasteiger charge is -1.94. The molecule has 0 spiro atoms. The standard InChI is InChI=1S/C16H18N18O2/c1-5-17-9-21-10(28-27-9)18-6(2)36-8(4)20-12-23-14(32-30-12)25-16-26-15(33-34-16)24-13-22-11(29-31-13)19-7(3)35-5/h1-4H3,(H,21,27,28)(H5,22,23,24,25,26,29,30,31,32,33,34). The topological polar surface area (TPSA) is 261 Å². The first-order chi connectivity index (χ1) is 17.4. The van der Waals surface area contributed by atoms with Crippen molar-refractivity contribution < 1.29 is 8.83 Å². The molecule has 0 aromatic carbocycles. The molecule has 0 saturated carbocycles. The lowest BCUT2D eigenvalue weighted by atomic mass is 10.7. The van der Waals surface area contributed by atoms with Gasteiger partial charge in [0.1, 0.15) is 0 Å². The monoisotopic (exact) mass is 494 g/mol. The molecule has 0 amide bonds. The van der Waals surface area contributed by atoms with Crippen molar-refractivity contribution in [3.05, 3.63) is 23.6 Å². The van der Waals surface area contributed by atoms with Crippen molar-refractivity contribution in [3.63, 3.8) is 0 Å². The Labute approximate surface area is 199 Å². The predicted molar refractivity (Wildman–Crippen MR) is 121 cm³/mol. The molecule has 0 atom stereocenters. The number of nitrogens with zero attached hydrogens (tertiary/aromatic N) is 12. The van der Waals surface area contributed by atoms with Gasteiger partial charge in [0.2, 0.25) is 35.3 Å². The van der Waals surface area contributed by atoms with Crippen LogP contribution in [0.1, 0.15) is 23.6 Å². The summed E-state index contributed by atoms with van der Waals surface area (Å²) >= 11 is 0. The zero-order valence-corrected chi connectivity index (χ0v) is 19.2. The molecule has 6 N–H and O–H groups in total. The number of nitrogens with one attached hydrogen (secondary N) is 6. The van der Waals surface area contributed by atoms with Crippen LogP contribution in [0.15, 0.2) is 8.83 Å². The van der Waals surface area contributed by atoms with Gasteiger partial charge < -0.3 is 8.83 Å². The summed E-state index contributed by atoms with van der Waals surface area (Å²) in [6.45, 7) is 6.49. The summed E-state index contributed by atoms with van der Waals surface area (Å²) < 4.78 is 11.1. The van der Waals surface area contributed by atoms with Crippen molar-refractivity contribution in [3.8, 4) is 0 Å². The molecule has 2 aliphatic heterocycles. The van der Waals surface area contributed by atoms with Gasteiger partial charge >= 0.3 is 0 Å². The molecule has 0 saturated heterocycles. The van der Waals surface area contributed by atoms with Crippen molar-refractivity contribution in [2.75, 3.05) is 21.7 Å². The molecule has 3 aromatic rings. The van der Waals surface area contributed by atoms with Crippen LogP contribution in [0.5, 0.6) is 0 Å². The van der Waals surface area contributed by atoms with Gasteiger partial charge in [0, 0.05) is 27.7 Å². The number of hydrogen-bond acceptors (Lipinski definition) is 18. The van der Waals surface area contributed by atoms with Gasteiger partial charge in [0.25, 0.3) is 11.6 Å². The van der Waals surface area contributed by atoms with E-state index in [1.54, 1.807) is 27.7 Å². The fraction of sp³-hybridized carbons (Fsp3) is 0.250. The van der Waals surface area contributed by atoms with Gasteiger partial charge in [0.05, 0.1) is 0 Å². The minimum atomic E-state index is 0.0912. The van der Waals surface area contributed by atoms with Gasteiger partial charge in [-0.1, -0.05) is 0 Å². The van der Waals surface area contributed by atoms with E-state index in [-0.39, 0.29) is 70.5 Å². The van der Waals surface area contributed by atoms with Crippen LogP contribution < -0.4 is 21.7 Å². The average Bonchev–Trinajstić information content (AvgIpc) is 3.59. The molecule has 3 aromatic heterocycles. The van der Waals surface area contributed by atoms with E-state index in [1.165, 1.54) is 0 Å². The predicted octanol–water partition coefficient (Wildman–Crippen LogP) is 0.373. The fourth-order valence-corrected chi connectivity index (χ4v) is 2.74. The van der Waals surface area contributed by atoms with Crippen LogP contribution in [0.25, 0.3) is 23.1 Å². The van der Waals surface area contributed by atoms with E-state index in [1.807, 2.05) is 0 Å². The SMILES string of the molecule is Cc1nc2nc(nc3nc(nc4nc(n[nH]4)nc(C)oc(C)nc4n[nH]c(nc(C)o1)n4)NN3)NN2. The highest BCUT2D eigenvalue weighted by Gasteiger charge is 2.10. The van der Waals surface area contributed by atoms with Crippen molar-refractivity contribution in [1.82, 2.24) is 70.2 Å². The second-order valence-corrected chi connectivity index (χ2v) is 6.89. The summed E-state index contributed by atoms with van der Waals surface area (Å²) in [5, 5.41) is 13.2. The van der Waals surface area contributed by atoms with Crippen LogP contribution in [0.4, 0.5) is 23.8 Å². The van der Waals surface area contributed by atoms with Crippen molar-refractivity contribution in [2.24, 2.45) is 0 Å². The fourth-order valence-electron chi connectivity index (χ4n) is 2.74. The summed E-state index contributed by atoms with van der Waals surface area (Å²) in [4.78, 5) is 41.8. The Morgan fingerprint density at radius 3 is 1.33 bits per heavy atom. The molecule has 5 rings (SSSR count). The summed E-state index contributed by atoms with van der Waals surface area (Å²) in [7, 11) is 0. The maximum Gasteiger partial charge on any atom is 0.272 e. The van der Waals surface area contributed by atoms with Crippen molar-refractivity contribution in [2.45, 2.75) is 27.7 Å². The summed E-state index contributed by atoms with van der Waals surface area (Å²) in [6, 6.07) is 0. The highest BCUT2D eigenvalue weighted by atomic mass is 16.4. The Balaban J connectivity index is 1.69. The number of aromatic amines is 2. The molecule has 5 heterocycles. The quantitative estimate of drug-likeness (QED) is 0.246. The van der Waals surface area contributed by atoms with E-state index in [0.717, 1.165) is 0 Å². The number of hydrazine groups is 2. The summed E-state index contributed by atoms with van der Waals surface area (Å²) in [5.74, 6) is 2.28. The maximum absolute atomic E-state index is 5.57. The Morgan fingerprint density at radius 1 is 0.417 bits per heavy atom. The van der Waals surface area contributed by atoms with E-state index in [2.05, 4.69) is 91.9 Å². The third kappa shape index (κ3) is 5.49. The molecular formula is C16H18N18O2. The first kappa shape index (κ1) is 22.2. The minimum absolute atomic E-state index is 0.0912. The Hall–Kier alpha value is -5.56. The molecular weight excluding hydrogens is 476 g/mol. The van der Waals surface area contributed by atoms with Crippen LogP contribution in [0.2, 0.25) is 0 Å². The van der Waals surface area contributed by atoms with Crippen molar-refractivity contribution in [1.29, 1.82) is 0 Å². The molecule has 0 unspecified atom stereocenters. The number of H-pyrrole nitrogens is 2. The van der Waals surface area contributed by atoms with Gasteiger partial charge in [-0.05, 0) is 0 Å². The van der Waals surface area contributed by atoms with Crippen LogP contribution in [-0.2, 0) is 0 Å².